The van der Waals surface area contributed by atoms with E-state index in [1.54, 1.807) is 18.2 Å². The molecule has 0 aliphatic rings. The Labute approximate surface area is 167 Å². The number of fused-ring (bicyclic) bond motifs is 1. The largest absolute Gasteiger partial charge is 0.493 e. The van der Waals surface area contributed by atoms with Crippen LogP contribution in [0, 0.1) is 0 Å². The summed E-state index contributed by atoms with van der Waals surface area (Å²) in [5, 5.41) is 13.4. The Bertz CT molecular complexity index is 1050. The number of methoxy groups -OCH3 is 1. The first-order valence-electron chi connectivity index (χ1n) is 7.11. The van der Waals surface area contributed by atoms with E-state index in [2.05, 4.69) is 5.32 Å². The lowest BCUT2D eigenvalue weighted by Crippen LogP contribution is -2.12. The van der Waals surface area contributed by atoms with Crippen molar-refractivity contribution in [3.8, 4) is 5.75 Å². The molecule has 2 aromatic carbocycles. The molecule has 1 aromatic heterocycles. The molecule has 0 atom stereocenters. The summed E-state index contributed by atoms with van der Waals surface area (Å²) in [5.74, 6) is -1.53. The molecule has 26 heavy (non-hydrogen) atoms. The van der Waals surface area contributed by atoms with E-state index in [1.807, 2.05) is 0 Å². The van der Waals surface area contributed by atoms with Crippen molar-refractivity contribution >= 4 is 73.8 Å². The summed E-state index contributed by atoms with van der Waals surface area (Å²) in [6, 6.07) is 7.64. The number of aromatic carboxylic acids is 1. The number of ether oxygens (including phenoxy) is 1. The number of nitrogens with one attached hydrogen (secondary N) is 1. The molecule has 0 spiro atoms. The smallest absolute Gasteiger partial charge is 0.335 e. The fraction of sp³-hybridized carbons (Fsp3) is 0.0588. The van der Waals surface area contributed by atoms with Gasteiger partial charge in [0.25, 0.3) is 5.91 Å². The van der Waals surface area contributed by atoms with Gasteiger partial charge in [-0.15, -0.1) is 11.3 Å². The maximum atomic E-state index is 12.7. The Morgan fingerprint density at radius 3 is 2.54 bits per heavy atom. The van der Waals surface area contributed by atoms with Gasteiger partial charge in [-0.05, 0) is 24.3 Å². The first-order valence-corrected chi connectivity index (χ1v) is 9.06. The lowest BCUT2D eigenvalue weighted by molar-refractivity contribution is 0.0696. The van der Waals surface area contributed by atoms with Gasteiger partial charge in [0, 0.05) is 15.1 Å². The lowest BCUT2D eigenvalue weighted by atomic mass is 10.1. The number of halogens is 3. The Kier molecular flexibility index (Phi) is 5.29. The van der Waals surface area contributed by atoms with Crippen molar-refractivity contribution in [3.05, 3.63) is 55.8 Å². The molecule has 3 rings (SSSR count). The first-order chi connectivity index (χ1) is 12.3. The Morgan fingerprint density at radius 2 is 1.88 bits per heavy atom. The Hall–Kier alpha value is -1.99. The van der Waals surface area contributed by atoms with Crippen LogP contribution in [-0.4, -0.2) is 24.1 Å². The van der Waals surface area contributed by atoms with Gasteiger partial charge in [0.2, 0.25) is 0 Å². The summed E-state index contributed by atoms with van der Waals surface area (Å²) >= 11 is 19.5. The number of carbonyl (C=O) groups excluding carboxylic acids is 1. The van der Waals surface area contributed by atoms with Crippen LogP contribution in [0.5, 0.6) is 5.75 Å². The Morgan fingerprint density at radius 1 is 1.15 bits per heavy atom. The second-order valence-corrected chi connectivity index (χ2v) is 7.46. The van der Waals surface area contributed by atoms with Gasteiger partial charge in [0.15, 0.2) is 5.75 Å². The van der Waals surface area contributed by atoms with E-state index in [9.17, 15) is 14.7 Å². The zero-order valence-electron chi connectivity index (χ0n) is 13.1. The van der Waals surface area contributed by atoms with Crippen molar-refractivity contribution in [2.75, 3.05) is 12.4 Å². The van der Waals surface area contributed by atoms with E-state index in [0.717, 1.165) is 4.70 Å². The lowest BCUT2D eigenvalue weighted by Gasteiger charge is -2.12. The maximum absolute atomic E-state index is 12.7. The van der Waals surface area contributed by atoms with E-state index in [-0.39, 0.29) is 26.9 Å². The highest BCUT2D eigenvalue weighted by molar-refractivity contribution is 7.21. The van der Waals surface area contributed by atoms with Crippen LogP contribution in [-0.2, 0) is 0 Å². The first kappa shape index (κ1) is 18.8. The van der Waals surface area contributed by atoms with Gasteiger partial charge in [0.1, 0.15) is 4.88 Å². The zero-order valence-corrected chi connectivity index (χ0v) is 16.2. The van der Waals surface area contributed by atoms with Gasteiger partial charge in [-0.2, -0.15) is 0 Å². The molecule has 0 unspecified atom stereocenters. The number of thiophene rings is 1. The van der Waals surface area contributed by atoms with Crippen LogP contribution in [0.2, 0.25) is 15.1 Å². The number of hydrogen-bond donors (Lipinski definition) is 2. The fourth-order valence-electron chi connectivity index (χ4n) is 2.38. The Balaban J connectivity index is 2.03. The van der Waals surface area contributed by atoms with Crippen LogP contribution in [0.25, 0.3) is 10.1 Å². The summed E-state index contributed by atoms with van der Waals surface area (Å²) in [5.41, 5.74) is 0.0503. The van der Waals surface area contributed by atoms with Crippen molar-refractivity contribution in [2.24, 2.45) is 0 Å². The molecule has 0 saturated heterocycles. The van der Waals surface area contributed by atoms with Gasteiger partial charge < -0.3 is 15.2 Å². The summed E-state index contributed by atoms with van der Waals surface area (Å²) in [6.45, 7) is 0. The summed E-state index contributed by atoms with van der Waals surface area (Å²) in [7, 11) is 1.37. The molecule has 0 bridgehead atoms. The number of benzene rings is 2. The zero-order chi connectivity index (χ0) is 19.0. The van der Waals surface area contributed by atoms with Gasteiger partial charge in [-0.3, -0.25) is 4.79 Å². The third kappa shape index (κ3) is 3.46. The molecule has 2 N–H and O–H groups in total. The molecule has 0 aliphatic heterocycles. The molecule has 0 aliphatic carbocycles. The van der Waals surface area contributed by atoms with Crippen LogP contribution in [0.3, 0.4) is 0 Å². The van der Waals surface area contributed by atoms with E-state index in [4.69, 9.17) is 39.5 Å². The predicted octanol–water partition coefficient (Wildman–Crippen LogP) is 5.82. The molecule has 0 fully saturated rings. The normalized spacial score (nSPS) is 10.8. The summed E-state index contributed by atoms with van der Waals surface area (Å²) in [4.78, 5) is 24.2. The van der Waals surface area contributed by atoms with E-state index in [0.29, 0.717) is 15.4 Å². The summed E-state index contributed by atoms with van der Waals surface area (Å²) in [6.07, 6.45) is 0. The predicted molar refractivity (Wildman–Crippen MR) is 105 cm³/mol. The topological polar surface area (TPSA) is 75.6 Å². The van der Waals surface area contributed by atoms with Crippen molar-refractivity contribution < 1.29 is 19.4 Å². The molecular weight excluding hydrogens is 421 g/mol. The number of carboxylic acid groups (broad SMARTS) is 1. The van der Waals surface area contributed by atoms with Crippen molar-refractivity contribution in [3.63, 3.8) is 0 Å². The van der Waals surface area contributed by atoms with Crippen LogP contribution >= 0.6 is 46.1 Å². The van der Waals surface area contributed by atoms with Crippen LogP contribution < -0.4 is 10.1 Å². The van der Waals surface area contributed by atoms with Gasteiger partial charge in [-0.25, -0.2) is 4.79 Å². The third-order valence-corrected chi connectivity index (χ3v) is 5.71. The second-order valence-electron chi connectivity index (χ2n) is 5.18. The highest BCUT2D eigenvalue weighted by Crippen LogP contribution is 2.39. The summed E-state index contributed by atoms with van der Waals surface area (Å²) < 4.78 is 5.93. The molecule has 9 heteroatoms. The molecule has 0 saturated carbocycles. The minimum absolute atomic E-state index is 0.0666. The molecule has 134 valence electrons. The van der Waals surface area contributed by atoms with E-state index in [1.165, 1.54) is 30.6 Å². The number of rotatable bonds is 4. The fourth-order valence-corrected chi connectivity index (χ4v) is 4.37. The van der Waals surface area contributed by atoms with Crippen LogP contribution in [0.4, 0.5) is 5.69 Å². The molecule has 1 heterocycles. The standard InChI is InChI=1S/C17H10Cl3NO4S/c1-25-14-10(19)4-7(17(23)24)5-11(14)21-16(22)15-13(20)9-3-2-8(18)6-12(9)26-15/h2-6H,1H3,(H,21,22)(H,23,24). The SMILES string of the molecule is COc1c(Cl)cc(C(=O)O)cc1NC(=O)c1sc2cc(Cl)ccc2c1Cl. The second kappa shape index (κ2) is 7.32. The molecule has 0 radical (unpaired) electrons. The van der Waals surface area contributed by atoms with E-state index >= 15 is 0 Å². The molecule has 1 amide bonds. The molecule has 3 aromatic rings. The average Bonchev–Trinajstić information content (AvgIpc) is 2.90. The number of amides is 1. The monoisotopic (exact) mass is 429 g/mol. The quantitative estimate of drug-likeness (QED) is 0.547. The number of hydrogen-bond acceptors (Lipinski definition) is 4. The van der Waals surface area contributed by atoms with Gasteiger partial charge in [0.05, 0.1) is 28.4 Å². The van der Waals surface area contributed by atoms with Crippen LogP contribution in [0.15, 0.2) is 30.3 Å². The minimum atomic E-state index is -1.18. The maximum Gasteiger partial charge on any atom is 0.335 e. The minimum Gasteiger partial charge on any atom is -0.493 e. The number of carbonyl (C=O) groups is 2. The molecule has 5 nitrogen and oxygen atoms in total. The van der Waals surface area contributed by atoms with Crippen molar-refractivity contribution in [1.82, 2.24) is 0 Å². The third-order valence-electron chi connectivity index (χ3n) is 3.54. The highest BCUT2D eigenvalue weighted by Gasteiger charge is 2.21. The number of anilines is 1. The van der Waals surface area contributed by atoms with Gasteiger partial charge in [-0.1, -0.05) is 40.9 Å². The number of carboxylic acids is 1. The van der Waals surface area contributed by atoms with Gasteiger partial charge >= 0.3 is 5.97 Å². The van der Waals surface area contributed by atoms with Crippen molar-refractivity contribution in [2.45, 2.75) is 0 Å². The average molecular weight is 431 g/mol. The van der Waals surface area contributed by atoms with Crippen molar-refractivity contribution in [1.29, 1.82) is 0 Å². The van der Waals surface area contributed by atoms with Crippen LogP contribution in [0.1, 0.15) is 20.0 Å². The van der Waals surface area contributed by atoms with E-state index < -0.39 is 11.9 Å². The highest BCUT2D eigenvalue weighted by atomic mass is 35.5. The molecular formula is C17H10Cl3NO4S.